The molecule has 1 aliphatic rings. The van der Waals surface area contributed by atoms with Gasteiger partial charge in [-0.1, -0.05) is 45.4 Å². The van der Waals surface area contributed by atoms with Crippen molar-refractivity contribution in [1.29, 1.82) is 0 Å². The fraction of sp³-hybridized carbons (Fsp3) is 0.824. The number of carbonyl (C=O) groups excluding carboxylic acids is 3. The number of likely N-dealkylation sites (tertiary alicyclic amines) is 1. The molecular formula is C17H31N3O3. The summed E-state index contributed by atoms with van der Waals surface area (Å²) in [4.78, 5) is 36.5. The quantitative estimate of drug-likeness (QED) is 0.566. The van der Waals surface area contributed by atoms with Crippen LogP contribution in [-0.4, -0.2) is 41.8 Å². The van der Waals surface area contributed by atoms with Crippen molar-refractivity contribution in [3.05, 3.63) is 0 Å². The van der Waals surface area contributed by atoms with Crippen molar-refractivity contribution in [2.75, 3.05) is 13.1 Å². The Kier molecular flexibility index (Phi) is 9.33. The van der Waals surface area contributed by atoms with E-state index in [-0.39, 0.29) is 18.4 Å². The fourth-order valence-corrected chi connectivity index (χ4v) is 2.97. The molecule has 1 aliphatic heterocycles. The van der Waals surface area contributed by atoms with Crippen LogP contribution in [0.3, 0.4) is 0 Å². The molecule has 0 bridgehead atoms. The summed E-state index contributed by atoms with van der Waals surface area (Å²) >= 11 is 0. The molecule has 6 nitrogen and oxygen atoms in total. The number of carbonyl (C=O) groups is 3. The van der Waals surface area contributed by atoms with E-state index < -0.39 is 11.9 Å². The monoisotopic (exact) mass is 325 g/mol. The third-order valence-corrected chi connectivity index (χ3v) is 4.35. The second-order valence-electron chi connectivity index (χ2n) is 6.30. The summed E-state index contributed by atoms with van der Waals surface area (Å²) in [6.45, 7) is 2.69. The Morgan fingerprint density at radius 2 is 1.74 bits per heavy atom. The number of primary amides is 1. The Bertz CT molecular complexity index is 399. The van der Waals surface area contributed by atoms with Gasteiger partial charge in [-0.25, -0.2) is 0 Å². The third kappa shape index (κ3) is 7.48. The molecule has 23 heavy (non-hydrogen) atoms. The van der Waals surface area contributed by atoms with Gasteiger partial charge in [0.05, 0.1) is 6.54 Å². The van der Waals surface area contributed by atoms with E-state index in [1.54, 1.807) is 0 Å². The molecule has 3 N–H and O–H groups in total. The zero-order valence-electron chi connectivity index (χ0n) is 14.3. The van der Waals surface area contributed by atoms with Crippen LogP contribution >= 0.6 is 0 Å². The highest BCUT2D eigenvalue weighted by Crippen LogP contribution is 2.16. The highest BCUT2D eigenvalue weighted by atomic mass is 16.2. The number of hydrogen-bond acceptors (Lipinski definition) is 3. The van der Waals surface area contributed by atoms with Gasteiger partial charge in [-0.05, 0) is 19.3 Å². The van der Waals surface area contributed by atoms with Crippen LogP contribution in [0.1, 0.15) is 71.1 Å². The molecule has 132 valence electrons. The third-order valence-electron chi connectivity index (χ3n) is 4.35. The summed E-state index contributed by atoms with van der Waals surface area (Å²) in [5.41, 5.74) is 5.29. The van der Waals surface area contributed by atoms with Crippen LogP contribution in [-0.2, 0) is 14.4 Å². The van der Waals surface area contributed by atoms with Crippen molar-refractivity contribution in [2.45, 2.75) is 77.2 Å². The lowest BCUT2D eigenvalue weighted by atomic mass is 10.1. The van der Waals surface area contributed by atoms with Crippen molar-refractivity contribution >= 4 is 17.7 Å². The van der Waals surface area contributed by atoms with Gasteiger partial charge in [0.2, 0.25) is 17.7 Å². The van der Waals surface area contributed by atoms with Gasteiger partial charge in [0, 0.05) is 13.0 Å². The number of nitrogens with zero attached hydrogens (tertiary/aromatic N) is 1. The lowest BCUT2D eigenvalue weighted by molar-refractivity contribution is -0.137. The lowest BCUT2D eigenvalue weighted by Gasteiger charge is -2.22. The van der Waals surface area contributed by atoms with E-state index in [1.165, 1.54) is 37.0 Å². The van der Waals surface area contributed by atoms with Crippen LogP contribution < -0.4 is 11.1 Å². The molecule has 0 aromatic rings. The topological polar surface area (TPSA) is 92.5 Å². The van der Waals surface area contributed by atoms with Gasteiger partial charge >= 0.3 is 0 Å². The van der Waals surface area contributed by atoms with E-state index >= 15 is 0 Å². The second-order valence-corrected chi connectivity index (χ2v) is 6.30. The highest BCUT2D eigenvalue weighted by molar-refractivity contribution is 5.90. The minimum absolute atomic E-state index is 0.0425. The molecule has 1 rings (SSSR count). The fourth-order valence-electron chi connectivity index (χ4n) is 2.97. The van der Waals surface area contributed by atoms with Crippen LogP contribution in [0.2, 0.25) is 0 Å². The predicted molar refractivity (Wildman–Crippen MR) is 89.5 cm³/mol. The zero-order chi connectivity index (χ0) is 17.1. The molecule has 0 aromatic heterocycles. The number of amides is 3. The van der Waals surface area contributed by atoms with Crippen molar-refractivity contribution in [3.63, 3.8) is 0 Å². The normalized spacial score (nSPS) is 17.3. The second kappa shape index (κ2) is 11.0. The Labute approximate surface area is 139 Å². The SMILES string of the molecule is CCCCCCCCCC(=O)NCC(=O)N1CCCC1C(N)=O. The first kappa shape index (κ1) is 19.5. The molecule has 1 fully saturated rings. The zero-order valence-corrected chi connectivity index (χ0v) is 14.3. The number of nitrogens with one attached hydrogen (secondary N) is 1. The molecular weight excluding hydrogens is 294 g/mol. The first-order valence-electron chi connectivity index (χ1n) is 8.91. The molecule has 1 heterocycles. The molecule has 0 aliphatic carbocycles. The molecule has 6 heteroatoms. The van der Waals surface area contributed by atoms with Crippen molar-refractivity contribution < 1.29 is 14.4 Å². The van der Waals surface area contributed by atoms with Crippen LogP contribution in [0, 0.1) is 0 Å². The van der Waals surface area contributed by atoms with Gasteiger partial charge in [0.1, 0.15) is 6.04 Å². The molecule has 1 atom stereocenters. The van der Waals surface area contributed by atoms with Crippen molar-refractivity contribution in [2.24, 2.45) is 5.73 Å². The van der Waals surface area contributed by atoms with E-state index in [0.29, 0.717) is 19.4 Å². The standard InChI is InChI=1S/C17H31N3O3/c1-2-3-4-5-6-7-8-11-15(21)19-13-16(22)20-12-9-10-14(20)17(18)23/h14H,2-13H2,1H3,(H2,18,23)(H,19,21). The Morgan fingerprint density at radius 1 is 1.09 bits per heavy atom. The summed E-state index contributed by atoms with van der Waals surface area (Å²) in [6, 6.07) is -0.512. The van der Waals surface area contributed by atoms with E-state index in [1.807, 2.05) is 0 Å². The van der Waals surface area contributed by atoms with Crippen molar-refractivity contribution in [1.82, 2.24) is 10.2 Å². The predicted octanol–water partition coefficient (Wildman–Crippen LogP) is 1.72. The minimum Gasteiger partial charge on any atom is -0.368 e. The average molecular weight is 325 g/mol. The maximum Gasteiger partial charge on any atom is 0.242 e. The highest BCUT2D eigenvalue weighted by Gasteiger charge is 2.32. The summed E-state index contributed by atoms with van der Waals surface area (Å²) in [5, 5.41) is 2.65. The molecule has 1 unspecified atom stereocenters. The molecule has 3 amide bonds. The van der Waals surface area contributed by atoms with Gasteiger partial charge in [-0.2, -0.15) is 0 Å². The Hall–Kier alpha value is -1.59. The van der Waals surface area contributed by atoms with E-state index in [9.17, 15) is 14.4 Å². The largest absolute Gasteiger partial charge is 0.368 e. The van der Waals surface area contributed by atoms with Gasteiger partial charge in [-0.3, -0.25) is 14.4 Å². The number of hydrogen-bond donors (Lipinski definition) is 2. The maximum absolute atomic E-state index is 12.0. The van der Waals surface area contributed by atoms with Crippen molar-refractivity contribution in [3.8, 4) is 0 Å². The smallest absolute Gasteiger partial charge is 0.242 e. The lowest BCUT2D eigenvalue weighted by Crippen LogP contribution is -2.47. The summed E-state index contributed by atoms with van der Waals surface area (Å²) < 4.78 is 0. The van der Waals surface area contributed by atoms with E-state index in [4.69, 9.17) is 5.73 Å². The summed E-state index contributed by atoms with van der Waals surface area (Å²) in [5.74, 6) is -0.786. The van der Waals surface area contributed by atoms with Gasteiger partial charge in [0.15, 0.2) is 0 Å². The van der Waals surface area contributed by atoms with Gasteiger partial charge in [-0.15, -0.1) is 0 Å². The molecule has 0 aromatic carbocycles. The van der Waals surface area contributed by atoms with Gasteiger partial charge < -0.3 is 16.0 Å². The molecule has 0 spiro atoms. The van der Waals surface area contributed by atoms with Gasteiger partial charge in [0.25, 0.3) is 0 Å². The number of rotatable bonds is 11. The number of unbranched alkanes of at least 4 members (excludes halogenated alkanes) is 6. The van der Waals surface area contributed by atoms with Crippen LogP contribution in [0.4, 0.5) is 0 Å². The molecule has 0 radical (unpaired) electrons. The van der Waals surface area contributed by atoms with E-state index in [2.05, 4.69) is 12.2 Å². The first-order valence-corrected chi connectivity index (χ1v) is 8.91. The molecule has 1 saturated heterocycles. The van der Waals surface area contributed by atoms with Crippen LogP contribution in [0.5, 0.6) is 0 Å². The number of nitrogens with two attached hydrogens (primary N) is 1. The first-order chi connectivity index (χ1) is 11.1. The summed E-state index contributed by atoms with van der Waals surface area (Å²) in [7, 11) is 0. The molecule has 0 saturated carbocycles. The average Bonchev–Trinajstić information content (AvgIpc) is 3.01. The minimum atomic E-state index is -0.512. The van der Waals surface area contributed by atoms with Crippen LogP contribution in [0.15, 0.2) is 0 Å². The Balaban J connectivity index is 2.11. The summed E-state index contributed by atoms with van der Waals surface area (Å²) in [6.07, 6.45) is 9.97. The van der Waals surface area contributed by atoms with Crippen LogP contribution in [0.25, 0.3) is 0 Å². The Morgan fingerprint density at radius 3 is 2.39 bits per heavy atom. The van der Waals surface area contributed by atoms with E-state index in [0.717, 1.165) is 19.3 Å². The maximum atomic E-state index is 12.0.